The summed E-state index contributed by atoms with van der Waals surface area (Å²) in [7, 11) is 0. The number of carbonyl (C=O) groups excluding carboxylic acids is 1. The first kappa shape index (κ1) is 20.9. The van der Waals surface area contributed by atoms with Crippen LogP contribution in [0.2, 0.25) is 0 Å². The lowest BCUT2D eigenvalue weighted by molar-refractivity contribution is -0.139. The fraction of sp³-hybridized carbons (Fsp3) is 0.0952. The Morgan fingerprint density at radius 1 is 1.29 bits per heavy atom. The van der Waals surface area contributed by atoms with E-state index in [1.54, 1.807) is 42.5 Å². The second kappa shape index (κ2) is 10.1. The first-order valence-corrected chi connectivity index (χ1v) is 8.99. The van der Waals surface area contributed by atoms with E-state index in [1.165, 1.54) is 6.08 Å². The lowest BCUT2D eigenvalue weighted by Gasteiger charge is -2.10. The van der Waals surface area contributed by atoms with Gasteiger partial charge in [0, 0.05) is 10.2 Å². The van der Waals surface area contributed by atoms with Crippen LogP contribution in [0.5, 0.6) is 5.75 Å². The van der Waals surface area contributed by atoms with Crippen LogP contribution in [-0.2, 0) is 16.0 Å². The summed E-state index contributed by atoms with van der Waals surface area (Å²) in [6.07, 6.45) is 3.56. The van der Waals surface area contributed by atoms with Crippen molar-refractivity contribution in [2.24, 2.45) is 0 Å². The third-order valence-corrected chi connectivity index (χ3v) is 4.05. The van der Waals surface area contributed by atoms with Crippen molar-refractivity contribution in [3.05, 3.63) is 76.3 Å². The molecule has 28 heavy (non-hydrogen) atoms. The minimum atomic E-state index is -1.08. The maximum atomic E-state index is 12.4. The summed E-state index contributed by atoms with van der Waals surface area (Å²) >= 11 is 3.32. The molecule has 7 heteroatoms. The molecule has 6 nitrogen and oxygen atoms in total. The molecular weight excluding hydrogens is 424 g/mol. The zero-order valence-electron chi connectivity index (χ0n) is 14.8. The lowest BCUT2D eigenvalue weighted by Crippen LogP contribution is -2.13. The number of carbonyl (C=O) groups is 2. The normalized spacial score (nSPS) is 10.6. The molecule has 0 aromatic heterocycles. The number of nitrogens with zero attached hydrogens (tertiary/aromatic N) is 1. The SMILES string of the molecule is C=CCc1cc(/C=C(/C#N)C(=O)Nc2cccc(Br)c2)ccc1OCC(=O)O. The van der Waals surface area contributed by atoms with Crippen LogP contribution in [0, 0.1) is 11.3 Å². The van der Waals surface area contributed by atoms with E-state index in [1.807, 2.05) is 12.1 Å². The molecule has 0 spiro atoms. The molecule has 0 heterocycles. The first-order valence-electron chi connectivity index (χ1n) is 8.20. The number of carboxylic acids is 1. The van der Waals surface area contributed by atoms with Gasteiger partial charge < -0.3 is 15.2 Å². The molecule has 142 valence electrons. The molecule has 0 radical (unpaired) electrons. The lowest BCUT2D eigenvalue weighted by atomic mass is 10.0. The van der Waals surface area contributed by atoms with Crippen LogP contribution in [0.3, 0.4) is 0 Å². The minimum Gasteiger partial charge on any atom is -0.482 e. The van der Waals surface area contributed by atoms with Crippen molar-refractivity contribution in [3.63, 3.8) is 0 Å². The zero-order valence-corrected chi connectivity index (χ0v) is 16.4. The van der Waals surface area contributed by atoms with Gasteiger partial charge in [-0.1, -0.05) is 34.1 Å². The molecule has 1 amide bonds. The number of hydrogen-bond donors (Lipinski definition) is 2. The highest BCUT2D eigenvalue weighted by atomic mass is 79.9. The Morgan fingerprint density at radius 2 is 2.07 bits per heavy atom. The number of carboxylic acid groups (broad SMARTS) is 1. The van der Waals surface area contributed by atoms with Crippen molar-refractivity contribution < 1.29 is 19.4 Å². The summed E-state index contributed by atoms with van der Waals surface area (Å²) in [5.74, 6) is -1.20. The molecule has 2 aromatic rings. The number of hydrogen-bond acceptors (Lipinski definition) is 4. The van der Waals surface area contributed by atoms with Crippen LogP contribution in [0.15, 0.2) is 65.2 Å². The molecule has 0 aliphatic heterocycles. The van der Waals surface area contributed by atoms with E-state index in [0.717, 1.165) is 4.47 Å². The number of nitriles is 1. The number of anilines is 1. The van der Waals surface area contributed by atoms with Crippen LogP contribution in [0.1, 0.15) is 11.1 Å². The summed E-state index contributed by atoms with van der Waals surface area (Å²) < 4.78 is 6.06. The van der Waals surface area contributed by atoms with E-state index in [0.29, 0.717) is 29.0 Å². The summed E-state index contributed by atoms with van der Waals surface area (Å²) in [5.41, 5.74) is 1.81. The minimum absolute atomic E-state index is 0.0660. The largest absolute Gasteiger partial charge is 0.482 e. The summed E-state index contributed by atoms with van der Waals surface area (Å²) in [4.78, 5) is 23.1. The Hall–Kier alpha value is -3.37. The topological polar surface area (TPSA) is 99.4 Å². The Bertz CT molecular complexity index is 977. The highest BCUT2D eigenvalue weighted by Crippen LogP contribution is 2.23. The average Bonchev–Trinajstić information content (AvgIpc) is 2.65. The molecule has 0 fully saturated rings. The molecule has 0 atom stereocenters. The van der Waals surface area contributed by atoms with Crippen molar-refractivity contribution in [2.45, 2.75) is 6.42 Å². The van der Waals surface area contributed by atoms with Crippen LogP contribution in [0.4, 0.5) is 5.69 Å². The molecule has 2 N–H and O–H groups in total. The van der Waals surface area contributed by atoms with Gasteiger partial charge in [0.25, 0.3) is 5.91 Å². The number of benzene rings is 2. The molecule has 0 saturated carbocycles. The van der Waals surface area contributed by atoms with Gasteiger partial charge in [0.05, 0.1) is 0 Å². The van der Waals surface area contributed by atoms with Crippen molar-refractivity contribution in [2.75, 3.05) is 11.9 Å². The van der Waals surface area contributed by atoms with E-state index in [-0.39, 0.29) is 5.57 Å². The molecule has 0 bridgehead atoms. The average molecular weight is 441 g/mol. The van der Waals surface area contributed by atoms with Crippen LogP contribution >= 0.6 is 15.9 Å². The van der Waals surface area contributed by atoms with Crippen LogP contribution < -0.4 is 10.1 Å². The van der Waals surface area contributed by atoms with Crippen molar-refractivity contribution in [3.8, 4) is 11.8 Å². The Balaban J connectivity index is 2.25. The molecule has 0 aliphatic carbocycles. The second-order valence-electron chi connectivity index (χ2n) is 5.68. The fourth-order valence-electron chi connectivity index (χ4n) is 2.36. The summed E-state index contributed by atoms with van der Waals surface area (Å²) in [6.45, 7) is 3.21. The van der Waals surface area contributed by atoms with Gasteiger partial charge in [-0.15, -0.1) is 6.58 Å². The van der Waals surface area contributed by atoms with Crippen molar-refractivity contribution >= 4 is 39.6 Å². The number of nitrogens with one attached hydrogen (secondary N) is 1. The van der Waals surface area contributed by atoms with E-state index < -0.39 is 18.5 Å². The van der Waals surface area contributed by atoms with E-state index in [2.05, 4.69) is 27.8 Å². The summed E-state index contributed by atoms with van der Waals surface area (Å²) in [5, 5.41) is 20.8. The molecule has 0 unspecified atom stereocenters. The standard InChI is InChI=1S/C21H17BrN2O4/c1-2-4-15-9-14(7-8-19(15)28-13-20(25)26)10-16(12-23)21(27)24-18-6-3-5-17(22)11-18/h2-3,5-11H,1,4,13H2,(H,24,27)(H,25,26)/b16-10-. The van der Waals surface area contributed by atoms with E-state index in [4.69, 9.17) is 9.84 Å². The highest BCUT2D eigenvalue weighted by molar-refractivity contribution is 9.10. The fourth-order valence-corrected chi connectivity index (χ4v) is 2.76. The number of amides is 1. The molecule has 0 aliphatic rings. The van der Waals surface area contributed by atoms with Crippen molar-refractivity contribution in [1.82, 2.24) is 0 Å². The maximum absolute atomic E-state index is 12.4. The summed E-state index contributed by atoms with van der Waals surface area (Å²) in [6, 6.07) is 13.9. The monoisotopic (exact) mass is 440 g/mol. The predicted molar refractivity (Wildman–Crippen MR) is 110 cm³/mol. The Morgan fingerprint density at radius 3 is 2.71 bits per heavy atom. The first-order chi connectivity index (χ1) is 13.4. The van der Waals surface area contributed by atoms with Gasteiger partial charge in [-0.05, 0) is 54.0 Å². The smallest absolute Gasteiger partial charge is 0.341 e. The predicted octanol–water partition coefficient (Wildman–Crippen LogP) is 4.19. The van der Waals surface area contributed by atoms with Gasteiger partial charge in [-0.3, -0.25) is 4.79 Å². The molecule has 2 aromatic carbocycles. The van der Waals surface area contributed by atoms with Gasteiger partial charge in [0.2, 0.25) is 0 Å². The van der Waals surface area contributed by atoms with Gasteiger partial charge in [0.1, 0.15) is 17.4 Å². The number of rotatable bonds is 8. The second-order valence-corrected chi connectivity index (χ2v) is 6.59. The molecule has 0 saturated heterocycles. The highest BCUT2D eigenvalue weighted by Gasteiger charge is 2.11. The third kappa shape index (κ3) is 6.11. The number of allylic oxidation sites excluding steroid dienone is 1. The van der Waals surface area contributed by atoms with Crippen LogP contribution in [-0.4, -0.2) is 23.6 Å². The van der Waals surface area contributed by atoms with E-state index >= 15 is 0 Å². The van der Waals surface area contributed by atoms with E-state index in [9.17, 15) is 14.9 Å². The van der Waals surface area contributed by atoms with Gasteiger partial charge in [-0.2, -0.15) is 5.26 Å². The number of halogens is 1. The quantitative estimate of drug-likeness (QED) is 0.364. The maximum Gasteiger partial charge on any atom is 0.341 e. The third-order valence-electron chi connectivity index (χ3n) is 3.56. The van der Waals surface area contributed by atoms with Gasteiger partial charge >= 0.3 is 5.97 Å². The zero-order chi connectivity index (χ0) is 20.5. The molecular formula is C21H17BrN2O4. The van der Waals surface area contributed by atoms with Crippen LogP contribution in [0.25, 0.3) is 6.08 Å². The van der Waals surface area contributed by atoms with Gasteiger partial charge in [0.15, 0.2) is 6.61 Å². The molecule has 2 rings (SSSR count). The number of ether oxygens (including phenoxy) is 1. The Kier molecular flexibility index (Phi) is 7.55. The van der Waals surface area contributed by atoms with Crippen molar-refractivity contribution in [1.29, 1.82) is 5.26 Å². The Labute approximate surface area is 170 Å². The number of aliphatic carboxylic acids is 1. The van der Waals surface area contributed by atoms with Gasteiger partial charge in [-0.25, -0.2) is 4.79 Å².